The molecule has 0 bridgehead atoms. The van der Waals surface area contributed by atoms with Gasteiger partial charge < -0.3 is 34.9 Å². The number of ether oxygens (including phenoxy) is 2. The second-order valence-corrected chi connectivity index (χ2v) is 11.2. The summed E-state index contributed by atoms with van der Waals surface area (Å²) in [5.74, 6) is -0.866. The molecule has 1 aliphatic carbocycles. The molecule has 1 amide bonds. The number of aliphatic hydroxyl groups excluding tert-OH is 3. The molecule has 13 heteroatoms. The molecule has 0 aliphatic heterocycles. The molecular formula is C32H39ClN2O10. The van der Waals surface area contributed by atoms with Crippen molar-refractivity contribution in [3.63, 3.8) is 0 Å². The van der Waals surface area contributed by atoms with Crippen molar-refractivity contribution >= 4 is 23.5 Å². The van der Waals surface area contributed by atoms with Crippen LogP contribution in [0.25, 0.3) is 0 Å². The number of carbonyl (C=O) groups excluding carboxylic acids is 2. The lowest BCUT2D eigenvalue weighted by Gasteiger charge is -2.19. The van der Waals surface area contributed by atoms with E-state index in [0.717, 1.165) is 0 Å². The Morgan fingerprint density at radius 3 is 2.64 bits per heavy atom. The maximum atomic E-state index is 12.4. The van der Waals surface area contributed by atoms with Crippen LogP contribution in [0, 0.1) is 22.0 Å². The first-order chi connectivity index (χ1) is 21.5. The highest BCUT2D eigenvalue weighted by Crippen LogP contribution is 2.36. The number of halogens is 1. The number of allylic oxidation sites excluding steroid dienone is 2. The van der Waals surface area contributed by atoms with Gasteiger partial charge in [0.05, 0.1) is 12.2 Å². The number of hydrogen-bond acceptors (Lipinski definition) is 10. The van der Waals surface area contributed by atoms with Gasteiger partial charge in [-0.3, -0.25) is 4.79 Å². The van der Waals surface area contributed by atoms with E-state index in [1.54, 1.807) is 48.6 Å². The van der Waals surface area contributed by atoms with Crippen molar-refractivity contribution in [1.82, 2.24) is 5.32 Å². The molecule has 1 saturated carbocycles. The Balaban J connectivity index is 1.36. The monoisotopic (exact) mass is 646 g/mol. The Bertz CT molecular complexity index is 1340. The minimum Gasteiger partial charge on any atom is -0.491 e. The number of benzene rings is 2. The lowest BCUT2D eigenvalue weighted by molar-refractivity contribution is -0.763. The summed E-state index contributed by atoms with van der Waals surface area (Å²) in [6.45, 7) is 1.22. The number of hydrogen-bond donors (Lipinski definition) is 4. The van der Waals surface area contributed by atoms with Gasteiger partial charge in [0.1, 0.15) is 36.9 Å². The van der Waals surface area contributed by atoms with Gasteiger partial charge in [-0.05, 0) is 68.0 Å². The molecule has 0 aromatic heterocycles. The van der Waals surface area contributed by atoms with Crippen molar-refractivity contribution in [2.24, 2.45) is 11.8 Å². The minimum atomic E-state index is -0.914. The van der Waals surface area contributed by atoms with Gasteiger partial charge in [0.15, 0.2) is 0 Å². The van der Waals surface area contributed by atoms with Crippen LogP contribution in [-0.4, -0.2) is 63.2 Å². The van der Waals surface area contributed by atoms with E-state index in [1.807, 2.05) is 12.2 Å². The number of aliphatic hydroxyl groups is 3. The minimum absolute atomic E-state index is 0.0117. The molecule has 0 radical (unpaired) electrons. The predicted molar refractivity (Wildman–Crippen MR) is 165 cm³/mol. The first-order valence-corrected chi connectivity index (χ1v) is 15.0. The van der Waals surface area contributed by atoms with E-state index >= 15 is 0 Å². The number of amides is 1. The summed E-state index contributed by atoms with van der Waals surface area (Å²) < 4.78 is 10.8. The van der Waals surface area contributed by atoms with Gasteiger partial charge in [-0.2, -0.15) is 0 Å². The van der Waals surface area contributed by atoms with Gasteiger partial charge in [-0.1, -0.05) is 54.1 Å². The molecule has 0 heterocycles. The Morgan fingerprint density at radius 1 is 1.13 bits per heavy atom. The number of nitrogens with one attached hydrogen (secondary N) is 1. The summed E-state index contributed by atoms with van der Waals surface area (Å²) in [7, 11) is 0. The van der Waals surface area contributed by atoms with Crippen molar-refractivity contribution in [3.05, 3.63) is 93.5 Å². The van der Waals surface area contributed by atoms with Crippen molar-refractivity contribution in [2.75, 3.05) is 6.61 Å². The smallest absolute Gasteiger partial charge is 0.333 e. The predicted octanol–water partition coefficient (Wildman–Crippen LogP) is 3.93. The highest BCUT2D eigenvalue weighted by Gasteiger charge is 2.39. The molecule has 3 rings (SSSR count). The maximum Gasteiger partial charge on any atom is 0.333 e. The fourth-order valence-electron chi connectivity index (χ4n) is 4.91. The van der Waals surface area contributed by atoms with E-state index < -0.39 is 35.4 Å². The van der Waals surface area contributed by atoms with Gasteiger partial charge in [-0.15, -0.1) is 10.1 Å². The molecule has 0 saturated heterocycles. The van der Waals surface area contributed by atoms with Gasteiger partial charge in [0, 0.05) is 23.8 Å². The van der Waals surface area contributed by atoms with E-state index in [1.165, 1.54) is 19.1 Å². The molecule has 45 heavy (non-hydrogen) atoms. The highest BCUT2D eigenvalue weighted by molar-refractivity contribution is 6.30. The maximum absolute atomic E-state index is 12.4. The Morgan fingerprint density at radius 2 is 1.89 bits per heavy atom. The zero-order valence-electron chi connectivity index (χ0n) is 24.9. The molecule has 2 aromatic carbocycles. The van der Waals surface area contributed by atoms with Crippen LogP contribution in [-0.2, 0) is 21.0 Å². The van der Waals surface area contributed by atoms with Crippen LogP contribution in [0.15, 0.2) is 72.8 Å². The molecule has 0 spiro atoms. The Labute approximate surface area is 266 Å². The number of unbranched alkanes of at least 4 members (excludes halogenated alkanes) is 1. The summed E-state index contributed by atoms with van der Waals surface area (Å²) in [6.07, 6.45) is 6.83. The summed E-state index contributed by atoms with van der Waals surface area (Å²) in [6, 6.07) is 12.0. The van der Waals surface area contributed by atoms with E-state index in [4.69, 9.17) is 21.1 Å². The average molecular weight is 647 g/mol. The fourth-order valence-corrected chi connectivity index (χ4v) is 5.09. The third-order valence-electron chi connectivity index (χ3n) is 7.22. The van der Waals surface area contributed by atoms with E-state index in [0.29, 0.717) is 35.6 Å². The van der Waals surface area contributed by atoms with Crippen LogP contribution in [0.1, 0.15) is 44.6 Å². The molecule has 1 aliphatic rings. The molecule has 6 atom stereocenters. The number of esters is 1. The van der Waals surface area contributed by atoms with Crippen molar-refractivity contribution in [2.45, 2.75) is 70.0 Å². The quantitative estimate of drug-likeness (QED) is 0.0492. The zero-order chi connectivity index (χ0) is 32.8. The van der Waals surface area contributed by atoms with Crippen LogP contribution < -0.4 is 14.8 Å². The molecular weight excluding hydrogens is 608 g/mol. The van der Waals surface area contributed by atoms with Gasteiger partial charge in [0.25, 0.3) is 5.09 Å². The second-order valence-electron chi connectivity index (χ2n) is 10.8. The van der Waals surface area contributed by atoms with Crippen LogP contribution in [0.4, 0.5) is 0 Å². The van der Waals surface area contributed by atoms with E-state index in [-0.39, 0.29) is 49.5 Å². The molecule has 2 aromatic rings. The summed E-state index contributed by atoms with van der Waals surface area (Å²) in [5, 5.41) is 43.8. The third-order valence-corrected chi connectivity index (χ3v) is 7.46. The van der Waals surface area contributed by atoms with Crippen LogP contribution in [0.5, 0.6) is 11.5 Å². The summed E-state index contributed by atoms with van der Waals surface area (Å²) in [5.41, 5.74) is 0.446. The first kappa shape index (κ1) is 35.5. The van der Waals surface area contributed by atoms with Crippen molar-refractivity contribution < 1.29 is 44.3 Å². The normalized spacial score (nSPS) is 21.0. The molecule has 244 valence electrons. The number of rotatable bonds is 17. The Kier molecular flexibility index (Phi) is 14.3. The molecule has 1 unspecified atom stereocenters. The van der Waals surface area contributed by atoms with Crippen LogP contribution in [0.3, 0.4) is 0 Å². The van der Waals surface area contributed by atoms with Gasteiger partial charge in [0.2, 0.25) is 5.91 Å². The van der Waals surface area contributed by atoms with Crippen molar-refractivity contribution in [3.8, 4) is 11.5 Å². The number of carbonyl (C=O) groups is 2. The third kappa shape index (κ3) is 12.5. The van der Waals surface area contributed by atoms with E-state index in [9.17, 15) is 35.0 Å². The van der Waals surface area contributed by atoms with Crippen LogP contribution >= 0.6 is 11.6 Å². The van der Waals surface area contributed by atoms with Gasteiger partial charge in [-0.25, -0.2) is 4.79 Å². The van der Waals surface area contributed by atoms with E-state index in [2.05, 4.69) is 10.2 Å². The summed E-state index contributed by atoms with van der Waals surface area (Å²) >= 11 is 5.94. The number of nitrogens with zero attached hydrogens (tertiary/aromatic N) is 1. The summed E-state index contributed by atoms with van der Waals surface area (Å²) in [4.78, 5) is 39.4. The lowest BCUT2D eigenvalue weighted by Crippen LogP contribution is -2.40. The second kappa shape index (κ2) is 18.1. The molecule has 4 N–H and O–H groups in total. The average Bonchev–Trinajstić information content (AvgIpc) is 3.26. The van der Waals surface area contributed by atoms with Gasteiger partial charge >= 0.3 is 5.97 Å². The fraction of sp³-hybridized carbons (Fsp3) is 0.438. The SMILES string of the molecule is CC(NC(=O)CCCC=CC[C@@H]1[C@@H](C=C[C@@H](O)COc2cccc(Cl)c2)[C@H](O)C[C@@H]1O)C(=O)Oc1cccc(CO[N+](=O)[O-])c1. The first-order valence-electron chi connectivity index (χ1n) is 14.6. The zero-order valence-corrected chi connectivity index (χ0v) is 25.6. The largest absolute Gasteiger partial charge is 0.491 e. The van der Waals surface area contributed by atoms with Crippen LogP contribution in [0.2, 0.25) is 5.02 Å². The Hall–Kier alpha value is -3.97. The molecule has 1 fully saturated rings. The van der Waals surface area contributed by atoms with Crippen molar-refractivity contribution in [1.29, 1.82) is 0 Å². The highest BCUT2D eigenvalue weighted by atomic mass is 35.5. The molecule has 12 nitrogen and oxygen atoms in total. The standard InChI is InChI=1S/C32H39ClN2O10/c1-21(32(40)45-26-11-6-8-22(16-26)19-44-35(41)42)34-31(39)13-5-3-2-4-12-27-28(30(38)18-29(27)37)15-14-24(36)20-43-25-10-7-9-23(33)17-25/h2,4,6-11,14-17,21,24,27-30,36-38H,3,5,12-13,18-20H2,1H3,(H,34,39)/t21?,24-,27-,28-,29+,30-/m1/s1. The topological polar surface area (TPSA) is 178 Å². The lowest BCUT2D eigenvalue weighted by atomic mass is 9.89.